The van der Waals surface area contributed by atoms with E-state index in [1.165, 1.54) is 11.4 Å². The third kappa shape index (κ3) is 4.88. The van der Waals surface area contributed by atoms with Crippen LogP contribution in [0.15, 0.2) is 42.6 Å². The van der Waals surface area contributed by atoms with Crippen LogP contribution in [0.1, 0.15) is 12.1 Å². The highest BCUT2D eigenvalue weighted by molar-refractivity contribution is 7.93. The second-order valence-electron chi connectivity index (χ2n) is 8.86. The molecule has 5 rings (SSSR count). The van der Waals surface area contributed by atoms with Crippen LogP contribution in [0.3, 0.4) is 0 Å². The summed E-state index contributed by atoms with van der Waals surface area (Å²) in [6.45, 7) is 3.90. The van der Waals surface area contributed by atoms with Gasteiger partial charge in [0.2, 0.25) is 15.9 Å². The third-order valence-corrected chi connectivity index (χ3v) is 8.69. The average molecular weight is 518 g/mol. The summed E-state index contributed by atoms with van der Waals surface area (Å²) in [5, 5.41) is 0.650. The van der Waals surface area contributed by atoms with Crippen LogP contribution in [-0.4, -0.2) is 85.7 Å². The molecule has 0 radical (unpaired) electrons. The number of anilines is 1. The summed E-state index contributed by atoms with van der Waals surface area (Å²) >= 11 is 6.12. The first-order chi connectivity index (χ1) is 16.9. The van der Waals surface area contributed by atoms with Crippen molar-refractivity contribution in [3.8, 4) is 11.3 Å². The molecule has 11 heteroatoms. The van der Waals surface area contributed by atoms with Crippen molar-refractivity contribution in [1.82, 2.24) is 19.2 Å². The van der Waals surface area contributed by atoms with E-state index in [1.807, 2.05) is 51.9 Å². The van der Waals surface area contributed by atoms with Crippen LogP contribution in [0.5, 0.6) is 0 Å². The lowest BCUT2D eigenvalue weighted by Gasteiger charge is -2.34. The summed E-state index contributed by atoms with van der Waals surface area (Å²) in [5.74, 6) is 0.171. The number of fused-ring (bicyclic) bond motifs is 1. The second-order valence-corrected chi connectivity index (χ2v) is 11.3. The number of nitrogens with zero attached hydrogens (tertiary/aromatic N) is 5. The van der Waals surface area contributed by atoms with Gasteiger partial charge in [-0.2, -0.15) is 0 Å². The zero-order valence-electron chi connectivity index (χ0n) is 19.6. The van der Waals surface area contributed by atoms with Gasteiger partial charge in [-0.15, -0.1) is 0 Å². The molecule has 2 saturated heterocycles. The number of halogens is 1. The maximum absolute atomic E-state index is 12.5. The van der Waals surface area contributed by atoms with Crippen molar-refractivity contribution in [2.75, 3.05) is 56.5 Å². The Morgan fingerprint density at radius 1 is 1.06 bits per heavy atom. The van der Waals surface area contributed by atoms with E-state index >= 15 is 0 Å². The maximum Gasteiger partial charge on any atom is 0.248 e. The van der Waals surface area contributed by atoms with Gasteiger partial charge in [0.25, 0.3) is 0 Å². The van der Waals surface area contributed by atoms with Crippen LogP contribution < -0.4 is 4.31 Å². The van der Waals surface area contributed by atoms with Gasteiger partial charge in [0.15, 0.2) is 0 Å². The lowest BCUT2D eigenvalue weighted by Crippen LogP contribution is -2.49. The van der Waals surface area contributed by atoms with Gasteiger partial charge in [0.05, 0.1) is 22.8 Å². The first-order valence-electron chi connectivity index (χ1n) is 11.6. The van der Waals surface area contributed by atoms with E-state index in [4.69, 9.17) is 21.3 Å². The molecule has 2 aromatic heterocycles. The highest BCUT2D eigenvalue weighted by atomic mass is 35.5. The van der Waals surface area contributed by atoms with Gasteiger partial charge in [-0.05, 0) is 30.7 Å². The van der Waals surface area contributed by atoms with Crippen molar-refractivity contribution in [2.45, 2.75) is 13.0 Å². The van der Waals surface area contributed by atoms with Gasteiger partial charge < -0.3 is 9.64 Å². The van der Waals surface area contributed by atoms with Gasteiger partial charge in [-0.3, -0.25) is 18.4 Å². The molecular weight excluding hydrogens is 490 g/mol. The number of carbonyl (C=O) groups is 1. The molecule has 2 aliphatic heterocycles. The number of amides is 1. The Balaban J connectivity index is 1.49. The number of pyridine rings is 1. The summed E-state index contributed by atoms with van der Waals surface area (Å²) in [4.78, 5) is 21.2. The Hall–Kier alpha value is -2.66. The number of hydrogen-bond donors (Lipinski definition) is 0. The second kappa shape index (κ2) is 9.77. The minimum atomic E-state index is -3.29. The van der Waals surface area contributed by atoms with Crippen molar-refractivity contribution in [3.05, 3.63) is 53.3 Å². The van der Waals surface area contributed by atoms with E-state index in [-0.39, 0.29) is 18.3 Å². The van der Waals surface area contributed by atoms with Gasteiger partial charge in [-0.1, -0.05) is 23.7 Å². The SMILES string of the molecule is COCC(=O)N1CCN(Cc2c(-c3ccc(Cl)cc3)nc3ccc(N4CCCS4(=O)=O)cn23)CC1. The van der Waals surface area contributed by atoms with E-state index in [0.717, 1.165) is 35.7 Å². The van der Waals surface area contributed by atoms with E-state index in [9.17, 15) is 13.2 Å². The lowest BCUT2D eigenvalue weighted by atomic mass is 10.1. The topological polar surface area (TPSA) is 87.5 Å². The number of sulfonamides is 1. The van der Waals surface area contributed by atoms with Crippen molar-refractivity contribution >= 4 is 38.9 Å². The van der Waals surface area contributed by atoms with Gasteiger partial charge in [0.1, 0.15) is 12.3 Å². The highest BCUT2D eigenvalue weighted by Crippen LogP contribution is 2.30. The van der Waals surface area contributed by atoms with E-state index in [2.05, 4.69) is 4.90 Å². The van der Waals surface area contributed by atoms with Crippen LogP contribution in [-0.2, 0) is 26.1 Å². The van der Waals surface area contributed by atoms with E-state index in [0.29, 0.717) is 43.3 Å². The number of carbonyl (C=O) groups excluding carboxylic acids is 1. The lowest BCUT2D eigenvalue weighted by molar-refractivity contribution is -0.136. The number of hydrogen-bond acceptors (Lipinski definition) is 6. The molecule has 0 saturated carbocycles. The van der Waals surface area contributed by atoms with Crippen LogP contribution in [0.4, 0.5) is 5.69 Å². The van der Waals surface area contributed by atoms with Gasteiger partial charge in [0, 0.05) is 63.2 Å². The fourth-order valence-electron chi connectivity index (χ4n) is 4.73. The summed E-state index contributed by atoms with van der Waals surface area (Å²) in [6, 6.07) is 11.3. The predicted octanol–water partition coefficient (Wildman–Crippen LogP) is 2.49. The molecule has 0 bridgehead atoms. The molecule has 186 valence electrons. The molecule has 1 amide bonds. The Labute approximate surface area is 209 Å². The largest absolute Gasteiger partial charge is 0.375 e. The zero-order valence-corrected chi connectivity index (χ0v) is 21.1. The number of ether oxygens (including phenoxy) is 1. The van der Waals surface area contributed by atoms with Crippen LogP contribution in [0.2, 0.25) is 5.02 Å². The predicted molar refractivity (Wildman–Crippen MR) is 135 cm³/mol. The zero-order chi connectivity index (χ0) is 24.6. The highest BCUT2D eigenvalue weighted by Gasteiger charge is 2.29. The van der Waals surface area contributed by atoms with Crippen LogP contribution in [0, 0.1) is 0 Å². The Bertz CT molecular complexity index is 1330. The summed E-state index contributed by atoms with van der Waals surface area (Å²) in [6.07, 6.45) is 2.50. The molecule has 4 heterocycles. The molecule has 35 heavy (non-hydrogen) atoms. The molecule has 1 aromatic carbocycles. The molecule has 2 fully saturated rings. The van der Waals surface area contributed by atoms with Crippen LogP contribution >= 0.6 is 11.6 Å². The Kier molecular flexibility index (Phi) is 6.71. The summed E-state index contributed by atoms with van der Waals surface area (Å²) in [7, 11) is -1.76. The minimum Gasteiger partial charge on any atom is -0.375 e. The normalized spacial score (nSPS) is 18.5. The van der Waals surface area contributed by atoms with E-state index < -0.39 is 10.0 Å². The van der Waals surface area contributed by atoms with Crippen LogP contribution in [0.25, 0.3) is 16.9 Å². The fourth-order valence-corrected chi connectivity index (χ4v) is 6.41. The number of aromatic nitrogens is 2. The van der Waals surface area contributed by atoms with Crippen molar-refractivity contribution < 1.29 is 17.9 Å². The average Bonchev–Trinajstić information content (AvgIpc) is 3.39. The third-order valence-electron chi connectivity index (χ3n) is 6.57. The van der Waals surface area contributed by atoms with Crippen molar-refractivity contribution in [1.29, 1.82) is 0 Å². The molecule has 9 nitrogen and oxygen atoms in total. The number of piperazine rings is 1. The number of benzene rings is 1. The standard InChI is InChI=1S/C24H28ClN5O4S/c1-34-17-23(31)28-12-10-27(11-13-28)16-21-24(18-3-5-19(25)6-4-18)26-22-8-7-20(15-29(21)22)30-9-2-14-35(30,32)33/h3-8,15H,2,9-14,16-17H2,1H3. The first-order valence-corrected chi connectivity index (χ1v) is 13.6. The molecule has 2 aliphatic rings. The molecule has 0 aliphatic carbocycles. The molecule has 0 spiro atoms. The molecule has 0 N–H and O–H groups in total. The monoisotopic (exact) mass is 517 g/mol. The maximum atomic E-state index is 12.5. The summed E-state index contributed by atoms with van der Waals surface area (Å²) in [5.41, 5.74) is 4.14. The Morgan fingerprint density at radius 2 is 1.80 bits per heavy atom. The molecule has 0 unspecified atom stereocenters. The van der Waals surface area contributed by atoms with Crippen molar-refractivity contribution in [2.24, 2.45) is 0 Å². The quantitative estimate of drug-likeness (QED) is 0.499. The fraction of sp³-hybridized carbons (Fsp3) is 0.417. The van der Waals surface area contributed by atoms with E-state index in [1.54, 1.807) is 0 Å². The number of imidazole rings is 1. The van der Waals surface area contributed by atoms with Gasteiger partial charge >= 0.3 is 0 Å². The molecular formula is C24H28ClN5O4S. The number of methoxy groups -OCH3 is 1. The molecule has 0 atom stereocenters. The first kappa shape index (κ1) is 24.1. The smallest absolute Gasteiger partial charge is 0.248 e. The van der Waals surface area contributed by atoms with Crippen molar-refractivity contribution in [3.63, 3.8) is 0 Å². The summed E-state index contributed by atoms with van der Waals surface area (Å²) < 4.78 is 33.5. The molecule has 3 aromatic rings. The minimum absolute atomic E-state index is 0.000250. The number of rotatable bonds is 6. The van der Waals surface area contributed by atoms with Gasteiger partial charge in [-0.25, -0.2) is 13.4 Å². The Morgan fingerprint density at radius 3 is 2.46 bits per heavy atom.